The van der Waals surface area contributed by atoms with Gasteiger partial charge in [0.1, 0.15) is 11.8 Å². The van der Waals surface area contributed by atoms with E-state index in [9.17, 15) is 5.26 Å². The van der Waals surface area contributed by atoms with Crippen LogP contribution in [-0.4, -0.2) is 7.11 Å². The van der Waals surface area contributed by atoms with E-state index >= 15 is 0 Å². The minimum atomic E-state index is -0.348. The fraction of sp³-hybridized carbons (Fsp3) is 0.133. The SMILES string of the molecule is COc1ccc(N[C@@H](C#N)c2ccccc2)cc1. The minimum absolute atomic E-state index is 0.348. The van der Waals surface area contributed by atoms with Crippen LogP contribution in [0.4, 0.5) is 5.69 Å². The van der Waals surface area contributed by atoms with Gasteiger partial charge in [-0.1, -0.05) is 30.3 Å². The van der Waals surface area contributed by atoms with Crippen molar-refractivity contribution in [2.45, 2.75) is 6.04 Å². The Kier molecular flexibility index (Phi) is 3.83. The quantitative estimate of drug-likeness (QED) is 0.888. The van der Waals surface area contributed by atoms with Gasteiger partial charge in [0.2, 0.25) is 0 Å². The van der Waals surface area contributed by atoms with Gasteiger partial charge in [-0.15, -0.1) is 0 Å². The summed E-state index contributed by atoms with van der Waals surface area (Å²) in [7, 11) is 1.63. The van der Waals surface area contributed by atoms with Gasteiger partial charge in [0, 0.05) is 5.69 Å². The molecule has 3 nitrogen and oxygen atoms in total. The lowest BCUT2D eigenvalue weighted by atomic mass is 10.1. The average Bonchev–Trinajstić information content (AvgIpc) is 2.46. The highest BCUT2D eigenvalue weighted by molar-refractivity contribution is 5.49. The van der Waals surface area contributed by atoms with Crippen LogP contribution in [0.3, 0.4) is 0 Å². The monoisotopic (exact) mass is 238 g/mol. The summed E-state index contributed by atoms with van der Waals surface area (Å²) in [6, 6.07) is 19.1. The molecule has 0 amide bonds. The van der Waals surface area contributed by atoms with Crippen LogP contribution in [0.25, 0.3) is 0 Å². The van der Waals surface area contributed by atoms with Crippen molar-refractivity contribution in [1.29, 1.82) is 5.26 Å². The predicted octanol–water partition coefficient (Wildman–Crippen LogP) is 3.37. The number of anilines is 1. The lowest BCUT2D eigenvalue weighted by Gasteiger charge is -2.13. The molecule has 3 heteroatoms. The van der Waals surface area contributed by atoms with E-state index in [1.807, 2.05) is 54.6 Å². The van der Waals surface area contributed by atoms with E-state index < -0.39 is 0 Å². The summed E-state index contributed by atoms with van der Waals surface area (Å²) >= 11 is 0. The standard InChI is InChI=1S/C15H14N2O/c1-18-14-9-7-13(8-10-14)17-15(11-16)12-5-3-2-4-6-12/h2-10,15,17H,1H3/t15-/m0/s1. The first kappa shape index (κ1) is 12.0. The smallest absolute Gasteiger partial charge is 0.140 e. The number of rotatable bonds is 4. The van der Waals surface area contributed by atoms with Crippen LogP contribution in [0.1, 0.15) is 11.6 Å². The first-order valence-corrected chi connectivity index (χ1v) is 5.68. The van der Waals surface area contributed by atoms with E-state index in [-0.39, 0.29) is 6.04 Å². The van der Waals surface area contributed by atoms with Crippen molar-refractivity contribution in [1.82, 2.24) is 0 Å². The molecule has 0 saturated heterocycles. The molecule has 90 valence electrons. The van der Waals surface area contributed by atoms with E-state index in [1.165, 1.54) is 0 Å². The lowest BCUT2D eigenvalue weighted by molar-refractivity contribution is 0.415. The second kappa shape index (κ2) is 5.74. The molecule has 0 saturated carbocycles. The Morgan fingerprint density at radius 3 is 2.28 bits per heavy atom. The molecule has 0 aliphatic rings. The van der Waals surface area contributed by atoms with Crippen LogP contribution in [0, 0.1) is 11.3 Å². The van der Waals surface area contributed by atoms with Gasteiger partial charge in [-0.3, -0.25) is 0 Å². The minimum Gasteiger partial charge on any atom is -0.497 e. The number of nitrogens with one attached hydrogen (secondary N) is 1. The number of nitrogens with zero attached hydrogens (tertiary/aromatic N) is 1. The number of ether oxygens (including phenoxy) is 1. The van der Waals surface area contributed by atoms with Gasteiger partial charge >= 0.3 is 0 Å². The molecule has 2 rings (SSSR count). The Balaban J connectivity index is 2.13. The zero-order valence-electron chi connectivity index (χ0n) is 10.1. The zero-order chi connectivity index (χ0) is 12.8. The van der Waals surface area contributed by atoms with Crippen LogP contribution in [0.15, 0.2) is 54.6 Å². The number of hydrogen-bond acceptors (Lipinski definition) is 3. The number of nitriles is 1. The van der Waals surface area contributed by atoms with Gasteiger partial charge < -0.3 is 10.1 Å². The van der Waals surface area contributed by atoms with Gasteiger partial charge in [0.05, 0.1) is 13.2 Å². The van der Waals surface area contributed by atoms with Crippen LogP contribution >= 0.6 is 0 Å². The van der Waals surface area contributed by atoms with Crippen molar-refractivity contribution in [3.05, 3.63) is 60.2 Å². The second-order valence-corrected chi connectivity index (χ2v) is 3.85. The van der Waals surface area contributed by atoms with Gasteiger partial charge in [-0.2, -0.15) is 5.26 Å². The molecular weight excluding hydrogens is 224 g/mol. The third-order valence-corrected chi connectivity index (χ3v) is 2.66. The molecule has 1 N–H and O–H groups in total. The van der Waals surface area contributed by atoms with Crippen molar-refractivity contribution in [2.75, 3.05) is 12.4 Å². The van der Waals surface area contributed by atoms with E-state index in [4.69, 9.17) is 4.74 Å². The highest BCUT2D eigenvalue weighted by Crippen LogP contribution is 2.21. The van der Waals surface area contributed by atoms with Crippen molar-refractivity contribution in [3.63, 3.8) is 0 Å². The van der Waals surface area contributed by atoms with E-state index in [2.05, 4.69) is 11.4 Å². The van der Waals surface area contributed by atoms with Crippen molar-refractivity contribution >= 4 is 5.69 Å². The van der Waals surface area contributed by atoms with E-state index in [0.717, 1.165) is 17.0 Å². The van der Waals surface area contributed by atoms with Gasteiger partial charge in [0.25, 0.3) is 0 Å². The Morgan fingerprint density at radius 1 is 1.06 bits per heavy atom. The molecule has 2 aromatic rings. The van der Waals surface area contributed by atoms with Crippen LogP contribution in [0.5, 0.6) is 5.75 Å². The Morgan fingerprint density at radius 2 is 1.72 bits per heavy atom. The lowest BCUT2D eigenvalue weighted by Crippen LogP contribution is -2.08. The molecule has 0 spiro atoms. The second-order valence-electron chi connectivity index (χ2n) is 3.85. The summed E-state index contributed by atoms with van der Waals surface area (Å²) in [4.78, 5) is 0. The molecule has 1 atom stereocenters. The summed E-state index contributed by atoms with van der Waals surface area (Å²) in [5.41, 5.74) is 1.85. The number of methoxy groups -OCH3 is 1. The van der Waals surface area contributed by atoms with E-state index in [0.29, 0.717) is 0 Å². The zero-order valence-corrected chi connectivity index (χ0v) is 10.1. The molecule has 0 aliphatic carbocycles. The highest BCUT2D eigenvalue weighted by Gasteiger charge is 2.09. The average molecular weight is 238 g/mol. The Hall–Kier alpha value is -2.47. The summed E-state index contributed by atoms with van der Waals surface area (Å²) in [6.45, 7) is 0. The third kappa shape index (κ3) is 2.80. The summed E-state index contributed by atoms with van der Waals surface area (Å²) in [6.07, 6.45) is 0. The molecule has 0 aromatic heterocycles. The summed E-state index contributed by atoms with van der Waals surface area (Å²) in [5.74, 6) is 0.800. The maximum absolute atomic E-state index is 9.20. The molecule has 0 aliphatic heterocycles. The summed E-state index contributed by atoms with van der Waals surface area (Å²) in [5, 5.41) is 12.4. The Bertz CT molecular complexity index is 529. The normalized spacial score (nSPS) is 11.3. The molecule has 0 fully saturated rings. The van der Waals surface area contributed by atoms with Crippen LogP contribution in [0.2, 0.25) is 0 Å². The van der Waals surface area contributed by atoms with Crippen molar-refractivity contribution in [3.8, 4) is 11.8 Å². The predicted molar refractivity (Wildman–Crippen MR) is 71.4 cm³/mol. The van der Waals surface area contributed by atoms with Crippen molar-refractivity contribution in [2.24, 2.45) is 0 Å². The number of benzene rings is 2. The molecule has 18 heavy (non-hydrogen) atoms. The Labute approximate surface area is 107 Å². The maximum Gasteiger partial charge on any atom is 0.140 e. The van der Waals surface area contributed by atoms with Gasteiger partial charge in [-0.05, 0) is 29.8 Å². The van der Waals surface area contributed by atoms with Crippen molar-refractivity contribution < 1.29 is 4.74 Å². The fourth-order valence-electron chi connectivity index (χ4n) is 1.69. The van der Waals surface area contributed by atoms with Crippen LogP contribution < -0.4 is 10.1 Å². The molecule has 0 bridgehead atoms. The largest absolute Gasteiger partial charge is 0.497 e. The fourth-order valence-corrected chi connectivity index (χ4v) is 1.69. The van der Waals surface area contributed by atoms with Gasteiger partial charge in [-0.25, -0.2) is 0 Å². The number of hydrogen-bond donors (Lipinski definition) is 1. The topological polar surface area (TPSA) is 45.0 Å². The van der Waals surface area contributed by atoms with E-state index in [1.54, 1.807) is 7.11 Å². The molecule has 0 unspecified atom stereocenters. The maximum atomic E-state index is 9.20. The highest BCUT2D eigenvalue weighted by atomic mass is 16.5. The first-order chi connectivity index (χ1) is 8.83. The molecule has 0 radical (unpaired) electrons. The molecular formula is C15H14N2O. The third-order valence-electron chi connectivity index (χ3n) is 2.66. The molecule has 2 aromatic carbocycles. The van der Waals surface area contributed by atoms with Crippen LogP contribution in [-0.2, 0) is 0 Å². The summed E-state index contributed by atoms with van der Waals surface area (Å²) < 4.78 is 5.09. The molecule has 0 heterocycles. The van der Waals surface area contributed by atoms with Gasteiger partial charge in [0.15, 0.2) is 0 Å². The first-order valence-electron chi connectivity index (χ1n) is 5.68.